The number of ether oxygens (including phenoxy) is 5. The molecule has 0 spiro atoms. The van der Waals surface area contributed by atoms with Crippen LogP contribution in [0.2, 0.25) is 15.1 Å². The van der Waals surface area contributed by atoms with Gasteiger partial charge in [-0.3, -0.25) is 52.7 Å². The molecule has 117 heavy (non-hydrogen) atoms. The lowest BCUT2D eigenvalue weighted by Gasteiger charge is -2.26. The molecule has 630 valence electrons. The van der Waals surface area contributed by atoms with Crippen molar-refractivity contribution in [3.8, 4) is 0 Å². The summed E-state index contributed by atoms with van der Waals surface area (Å²) in [7, 11) is 0. The third-order valence-electron chi connectivity index (χ3n) is 18.5. The summed E-state index contributed by atoms with van der Waals surface area (Å²) in [6.45, 7) is 10.00. The molecule has 3 saturated heterocycles. The number of aliphatic carboxylic acids is 1. The van der Waals surface area contributed by atoms with Crippen LogP contribution < -0.4 is 31.9 Å². The molecule has 25 nitrogen and oxygen atoms in total. The zero-order chi connectivity index (χ0) is 85.2. The van der Waals surface area contributed by atoms with E-state index in [9.17, 15) is 63.0 Å². The number of hydrogen-bond acceptors (Lipinski definition) is 18. The molecule has 0 aromatic heterocycles. The van der Waals surface area contributed by atoms with Gasteiger partial charge in [0.25, 0.3) is 0 Å². The number of carbonyl (C=O) groups excluding carboxylic acids is 10. The summed E-state index contributed by atoms with van der Waals surface area (Å²) >= 11 is 27.2. The Labute approximate surface area is 706 Å². The van der Waals surface area contributed by atoms with Crippen LogP contribution in [0, 0.1) is 23.7 Å². The number of aliphatic hydroxyl groups is 2. The summed E-state index contributed by atoms with van der Waals surface area (Å²) in [5.74, 6) is -7.03. The molecule has 4 aliphatic heterocycles. The summed E-state index contributed by atoms with van der Waals surface area (Å²) in [4.78, 5) is 135. The Morgan fingerprint density at radius 1 is 0.513 bits per heavy atom. The van der Waals surface area contributed by atoms with E-state index in [-0.39, 0.29) is 149 Å². The molecule has 0 aliphatic carbocycles. The Morgan fingerprint density at radius 3 is 1.26 bits per heavy atom. The number of carbonyl (C=O) groups is 11. The standard InChI is InChI=1S/C25H29ClN2O6.C25H27ClN2O5.C25H27ClN2O4.C11H18O4.CH2Cl2/c26-19-8-6-16(7-9-19)14-27-23(31)13-18-12-21(30)20(29)10-11-24(32)34-22(15-28-25(18)33)17-4-2-1-3-5-17;26-19-8-6-16(7-9-19)14-27-23(29)13-18-12-21-20(32-21)10-11-24(30)33-22(15-28-25(18)31)17-4-2-1-3-5-17;26-21-13-11-18(12-14-21)16-27-23(29)15-20-9-5-2-6-10-24(30)32-22(17-28-25(20)31)19-7-3-1-4-8-19;1-5-6-8(10(13)14)7-9(12)15-11(2,3)4;2-1-3/h1-9,18,20-22,29-30H,10-15H2,(H,27,31)(H,28,33);1-9,18,20-22H,10-15H2,(H,27,29)(H,28,31);1-5,7-8,11-14,20,22H,6,9-10,15-17H2,(H,27,29)(H,28,31);5,8H,1,6-7H2,2-4H3,(H,13,14);1H2/b;;5-2+;;/t2*18-,20-,21-,22?;20-,22?;8-;/m0000./s1. The van der Waals surface area contributed by atoms with E-state index in [1.165, 1.54) is 6.08 Å². The minimum absolute atomic E-state index is 0.0153. The minimum Gasteiger partial charge on any atom is -0.481 e. The van der Waals surface area contributed by atoms with Crippen LogP contribution in [-0.2, 0) is 96.1 Å². The lowest BCUT2D eigenvalue weighted by atomic mass is 9.92. The van der Waals surface area contributed by atoms with Crippen molar-refractivity contribution in [2.24, 2.45) is 23.7 Å². The number of benzene rings is 6. The average molecular weight is 1710 g/mol. The highest BCUT2D eigenvalue weighted by molar-refractivity contribution is 6.40. The molecule has 6 amide bonds. The SMILES string of the molecule is C=CC[C@@H](CC(=O)OC(C)(C)C)C(=O)O.ClCCl.O=C(C[C@@H]1C/C=C/CCC(=O)OC(c2ccccc2)CNC1=O)NCc1ccc(Cl)cc1.O=C(C[C@@H]1C[C@@H]2O[C@H]2CCC(=O)OC(c2ccccc2)CNC1=O)NCc1ccc(Cl)cc1.O=C(C[C@@H]1C[C@H](O)[C@@H](O)CCC(=O)OC(c2ccccc2)CNC1=O)NCc1ccc(Cl)cc1. The topological polar surface area (TPSA) is 370 Å². The van der Waals surface area contributed by atoms with E-state index in [0.29, 0.717) is 59.4 Å². The van der Waals surface area contributed by atoms with Gasteiger partial charge in [-0.25, -0.2) is 0 Å². The smallest absolute Gasteiger partial charge is 0.307 e. The maximum absolute atomic E-state index is 13.0. The molecular formula is C87H103Cl5N6O19. The van der Waals surface area contributed by atoms with Crippen molar-refractivity contribution in [2.45, 2.75) is 179 Å². The second kappa shape index (κ2) is 51.5. The maximum atomic E-state index is 13.0. The van der Waals surface area contributed by atoms with Crippen LogP contribution in [0.1, 0.15) is 162 Å². The van der Waals surface area contributed by atoms with Crippen molar-refractivity contribution in [1.29, 1.82) is 0 Å². The van der Waals surface area contributed by atoms with Crippen LogP contribution in [0.5, 0.6) is 0 Å². The number of carboxylic acids is 1. The zero-order valence-electron chi connectivity index (χ0n) is 65.5. The van der Waals surface area contributed by atoms with Crippen LogP contribution in [0.25, 0.3) is 0 Å². The molecule has 4 aliphatic rings. The van der Waals surface area contributed by atoms with Crippen LogP contribution >= 0.6 is 58.0 Å². The number of hydrogen-bond donors (Lipinski definition) is 9. The number of cyclic esters (lactones) is 3. The first-order chi connectivity index (χ1) is 56.0. The van der Waals surface area contributed by atoms with Crippen molar-refractivity contribution in [3.05, 3.63) is 237 Å². The first kappa shape index (κ1) is 96.1. The molecule has 9 N–H and O–H groups in total. The number of nitrogens with one attached hydrogen (secondary N) is 6. The lowest BCUT2D eigenvalue weighted by molar-refractivity contribution is -0.159. The second-order valence-corrected chi connectivity index (χ2v) is 31.0. The molecule has 3 unspecified atom stereocenters. The largest absolute Gasteiger partial charge is 0.481 e. The second-order valence-electron chi connectivity index (χ2n) is 28.9. The fourth-order valence-corrected chi connectivity index (χ4v) is 12.6. The van der Waals surface area contributed by atoms with E-state index in [1.54, 1.807) is 93.6 Å². The minimum atomic E-state index is -1.27. The Bertz CT molecular complexity index is 4180. The number of allylic oxidation sites excluding steroid dienone is 3. The number of amides is 6. The molecule has 6 aromatic carbocycles. The van der Waals surface area contributed by atoms with Crippen molar-refractivity contribution in [3.63, 3.8) is 0 Å². The number of fused-ring (bicyclic) bond motifs is 1. The average Bonchev–Trinajstić information content (AvgIpc) is 1.69. The first-order valence-corrected chi connectivity index (χ1v) is 40.6. The van der Waals surface area contributed by atoms with Gasteiger partial charge in [0.1, 0.15) is 23.9 Å². The van der Waals surface area contributed by atoms with Crippen molar-refractivity contribution < 1.29 is 91.7 Å². The lowest BCUT2D eigenvalue weighted by Crippen LogP contribution is -2.41. The number of esters is 4. The van der Waals surface area contributed by atoms with Crippen molar-refractivity contribution >= 4 is 123 Å². The van der Waals surface area contributed by atoms with E-state index in [2.05, 4.69) is 38.5 Å². The van der Waals surface area contributed by atoms with Gasteiger partial charge in [-0.2, -0.15) is 0 Å². The van der Waals surface area contributed by atoms with E-state index in [0.717, 1.165) is 27.8 Å². The van der Waals surface area contributed by atoms with E-state index < -0.39 is 83.6 Å². The van der Waals surface area contributed by atoms with Crippen LogP contribution in [0.3, 0.4) is 0 Å². The Morgan fingerprint density at radius 2 is 0.880 bits per heavy atom. The van der Waals surface area contributed by atoms with Gasteiger partial charge < -0.3 is 70.9 Å². The number of alkyl halides is 2. The van der Waals surface area contributed by atoms with Gasteiger partial charge in [0.05, 0.1) is 67.6 Å². The molecule has 0 saturated carbocycles. The Kier molecular flexibility index (Phi) is 42.3. The highest BCUT2D eigenvalue weighted by atomic mass is 35.5. The van der Waals surface area contributed by atoms with Crippen LogP contribution in [0.4, 0.5) is 0 Å². The molecule has 30 heteroatoms. The van der Waals surface area contributed by atoms with Crippen molar-refractivity contribution in [1.82, 2.24) is 31.9 Å². The highest BCUT2D eigenvalue weighted by Gasteiger charge is 2.43. The number of rotatable bonds is 20. The molecule has 3 fully saturated rings. The van der Waals surface area contributed by atoms with Crippen molar-refractivity contribution in [2.75, 3.05) is 25.0 Å². The van der Waals surface area contributed by atoms with Gasteiger partial charge >= 0.3 is 29.8 Å². The number of carboxylic acid groups (broad SMARTS) is 1. The summed E-state index contributed by atoms with van der Waals surface area (Å²) in [6.07, 6.45) is 2.97. The molecular weight excluding hydrogens is 1610 g/mol. The maximum Gasteiger partial charge on any atom is 0.307 e. The molecule has 4 heterocycles. The van der Waals surface area contributed by atoms with E-state index in [4.69, 9.17) is 86.8 Å². The highest BCUT2D eigenvalue weighted by Crippen LogP contribution is 2.35. The Hall–Kier alpha value is -9.70. The zero-order valence-corrected chi connectivity index (χ0v) is 69.3. The van der Waals surface area contributed by atoms with Gasteiger partial charge in [-0.1, -0.05) is 180 Å². The number of epoxide rings is 1. The molecule has 0 bridgehead atoms. The number of halogens is 5. The van der Waals surface area contributed by atoms with Gasteiger partial charge in [0.15, 0.2) is 0 Å². The summed E-state index contributed by atoms with van der Waals surface area (Å²) < 4.78 is 27.4. The fourth-order valence-electron chi connectivity index (χ4n) is 12.2. The molecule has 10 rings (SSSR count). The quantitative estimate of drug-likeness (QED) is 0.0113. The van der Waals surface area contributed by atoms with Crippen LogP contribution in [-0.4, -0.2) is 136 Å². The first-order valence-electron chi connectivity index (χ1n) is 38.4. The van der Waals surface area contributed by atoms with E-state index in [1.807, 2.05) is 103 Å². The summed E-state index contributed by atoms with van der Waals surface area (Å²) in [5, 5.41) is 48.5. The monoisotopic (exact) mass is 1710 g/mol. The molecule has 0 radical (unpaired) electrons. The molecule has 11 atom stereocenters. The third kappa shape index (κ3) is 38.1. The third-order valence-corrected chi connectivity index (χ3v) is 19.3. The Balaban J connectivity index is 0.000000247. The summed E-state index contributed by atoms with van der Waals surface area (Å²) in [5.41, 5.74) is 4.46. The van der Waals surface area contributed by atoms with Gasteiger partial charge in [-0.15, -0.1) is 29.8 Å². The van der Waals surface area contributed by atoms with E-state index >= 15 is 0 Å². The van der Waals surface area contributed by atoms with Gasteiger partial charge in [0, 0.05) is 85.1 Å². The fraction of sp³-hybridized carbons (Fsp3) is 0.414. The molecule has 6 aromatic rings. The predicted octanol–water partition coefficient (Wildman–Crippen LogP) is 13.1. The summed E-state index contributed by atoms with van der Waals surface area (Å²) in [6, 6.07) is 49.1. The van der Waals surface area contributed by atoms with Gasteiger partial charge in [-0.05, 0) is 135 Å². The predicted molar refractivity (Wildman–Crippen MR) is 443 cm³/mol. The number of aliphatic hydroxyl groups excluding tert-OH is 2. The normalized spacial score (nSPS) is 21.7. The van der Waals surface area contributed by atoms with Crippen LogP contribution in [0.15, 0.2) is 189 Å². The van der Waals surface area contributed by atoms with Gasteiger partial charge in [0.2, 0.25) is 35.4 Å².